The SMILES string of the molecule is CCCOCCc1n[nH]c(=S)n1CC(C)C. The predicted molar refractivity (Wildman–Crippen MR) is 67.1 cm³/mol. The Hall–Kier alpha value is -0.680. The van der Waals surface area contributed by atoms with Gasteiger partial charge < -0.3 is 9.30 Å². The highest BCUT2D eigenvalue weighted by Gasteiger charge is 2.07. The second-order valence-corrected chi connectivity index (χ2v) is 4.70. The number of ether oxygens (including phenoxy) is 1. The molecule has 1 aromatic heterocycles. The van der Waals surface area contributed by atoms with Crippen LogP contribution in [0.25, 0.3) is 0 Å². The molecule has 4 nitrogen and oxygen atoms in total. The Bertz CT molecular complexity index is 356. The van der Waals surface area contributed by atoms with Crippen molar-refractivity contribution in [3.05, 3.63) is 10.6 Å². The Labute approximate surface area is 102 Å². The summed E-state index contributed by atoms with van der Waals surface area (Å²) in [5.74, 6) is 1.56. The van der Waals surface area contributed by atoms with Gasteiger partial charge in [-0.15, -0.1) is 0 Å². The molecule has 16 heavy (non-hydrogen) atoms. The lowest BCUT2D eigenvalue weighted by molar-refractivity contribution is 0.136. The number of nitrogens with one attached hydrogen (secondary N) is 1. The Morgan fingerprint density at radius 1 is 1.44 bits per heavy atom. The van der Waals surface area contributed by atoms with E-state index in [1.807, 2.05) is 0 Å². The minimum Gasteiger partial charge on any atom is -0.381 e. The lowest BCUT2D eigenvalue weighted by atomic mass is 10.2. The molecule has 0 saturated carbocycles. The van der Waals surface area contributed by atoms with Crippen LogP contribution in [0.5, 0.6) is 0 Å². The lowest BCUT2D eigenvalue weighted by Crippen LogP contribution is -2.11. The van der Waals surface area contributed by atoms with Gasteiger partial charge in [0.1, 0.15) is 5.82 Å². The monoisotopic (exact) mass is 243 g/mol. The molecule has 1 N–H and O–H groups in total. The number of nitrogens with zero attached hydrogens (tertiary/aromatic N) is 2. The van der Waals surface area contributed by atoms with Gasteiger partial charge in [0.2, 0.25) is 0 Å². The third-order valence-corrected chi connectivity index (χ3v) is 2.52. The van der Waals surface area contributed by atoms with Gasteiger partial charge in [-0.2, -0.15) is 5.10 Å². The Kier molecular flexibility index (Phi) is 5.69. The molecule has 1 heterocycles. The number of rotatable bonds is 7. The zero-order valence-electron chi connectivity index (χ0n) is 10.3. The van der Waals surface area contributed by atoms with Gasteiger partial charge >= 0.3 is 0 Å². The van der Waals surface area contributed by atoms with Gasteiger partial charge in [0.25, 0.3) is 0 Å². The highest BCUT2D eigenvalue weighted by atomic mass is 32.1. The van der Waals surface area contributed by atoms with Crippen molar-refractivity contribution in [1.82, 2.24) is 14.8 Å². The van der Waals surface area contributed by atoms with E-state index in [1.54, 1.807) is 0 Å². The number of aromatic amines is 1. The van der Waals surface area contributed by atoms with Crippen LogP contribution in [0.15, 0.2) is 0 Å². The lowest BCUT2D eigenvalue weighted by Gasteiger charge is -2.09. The third kappa shape index (κ3) is 4.06. The molecule has 0 radical (unpaired) electrons. The van der Waals surface area contributed by atoms with E-state index in [9.17, 15) is 0 Å². The van der Waals surface area contributed by atoms with Crippen molar-refractivity contribution in [1.29, 1.82) is 0 Å². The molecular weight excluding hydrogens is 222 g/mol. The molecule has 0 bridgehead atoms. The number of H-pyrrole nitrogens is 1. The molecule has 0 spiro atoms. The topological polar surface area (TPSA) is 42.8 Å². The van der Waals surface area contributed by atoms with Crippen molar-refractivity contribution in [2.24, 2.45) is 5.92 Å². The molecule has 0 fully saturated rings. The summed E-state index contributed by atoms with van der Waals surface area (Å²) >= 11 is 5.20. The van der Waals surface area contributed by atoms with Crippen LogP contribution in [0.4, 0.5) is 0 Å². The second-order valence-electron chi connectivity index (χ2n) is 4.31. The van der Waals surface area contributed by atoms with E-state index in [2.05, 4.69) is 35.5 Å². The molecule has 5 heteroatoms. The summed E-state index contributed by atoms with van der Waals surface area (Å²) < 4.78 is 8.23. The second kappa shape index (κ2) is 6.81. The van der Waals surface area contributed by atoms with E-state index in [-0.39, 0.29) is 0 Å². The predicted octanol–water partition coefficient (Wildman–Crippen LogP) is 2.57. The maximum Gasteiger partial charge on any atom is 0.195 e. The fourth-order valence-electron chi connectivity index (χ4n) is 1.50. The fourth-order valence-corrected chi connectivity index (χ4v) is 1.73. The van der Waals surface area contributed by atoms with E-state index >= 15 is 0 Å². The highest BCUT2D eigenvalue weighted by Crippen LogP contribution is 2.05. The van der Waals surface area contributed by atoms with E-state index in [4.69, 9.17) is 17.0 Å². The summed E-state index contributed by atoms with van der Waals surface area (Å²) in [6.45, 7) is 8.90. The van der Waals surface area contributed by atoms with Crippen LogP contribution in [-0.2, 0) is 17.7 Å². The highest BCUT2D eigenvalue weighted by molar-refractivity contribution is 7.71. The Morgan fingerprint density at radius 3 is 2.81 bits per heavy atom. The molecule has 0 amide bonds. The molecule has 0 aromatic carbocycles. The fraction of sp³-hybridized carbons (Fsp3) is 0.818. The molecule has 1 aromatic rings. The van der Waals surface area contributed by atoms with E-state index in [0.29, 0.717) is 17.3 Å². The summed E-state index contributed by atoms with van der Waals surface area (Å²) in [5.41, 5.74) is 0. The van der Waals surface area contributed by atoms with Gasteiger partial charge in [-0.25, -0.2) is 0 Å². The summed E-state index contributed by atoms with van der Waals surface area (Å²) in [7, 11) is 0. The minimum absolute atomic E-state index is 0.569. The van der Waals surface area contributed by atoms with Crippen LogP contribution in [0.2, 0.25) is 0 Å². The molecule has 0 unspecified atom stereocenters. The molecule has 1 rings (SSSR count). The Morgan fingerprint density at radius 2 is 2.19 bits per heavy atom. The number of hydrogen-bond donors (Lipinski definition) is 1. The first kappa shape index (κ1) is 13.4. The van der Waals surface area contributed by atoms with Crippen LogP contribution >= 0.6 is 12.2 Å². The van der Waals surface area contributed by atoms with Crippen molar-refractivity contribution in [3.63, 3.8) is 0 Å². The standard InChI is InChI=1S/C11H21N3OS/c1-4-6-15-7-5-10-12-13-11(16)14(10)8-9(2)3/h9H,4-8H2,1-3H3,(H,13,16). The summed E-state index contributed by atoms with van der Waals surface area (Å²) in [4.78, 5) is 0. The van der Waals surface area contributed by atoms with Crippen LogP contribution in [0.3, 0.4) is 0 Å². The van der Waals surface area contributed by atoms with Crippen molar-refractivity contribution < 1.29 is 4.74 Å². The van der Waals surface area contributed by atoms with Gasteiger partial charge in [0.05, 0.1) is 6.61 Å². The summed E-state index contributed by atoms with van der Waals surface area (Å²) in [6, 6.07) is 0. The maximum atomic E-state index is 5.45. The van der Waals surface area contributed by atoms with Crippen molar-refractivity contribution >= 4 is 12.2 Å². The van der Waals surface area contributed by atoms with E-state index < -0.39 is 0 Å². The van der Waals surface area contributed by atoms with Gasteiger partial charge in [-0.3, -0.25) is 5.10 Å². The van der Waals surface area contributed by atoms with Gasteiger partial charge in [0.15, 0.2) is 4.77 Å². The normalized spacial score (nSPS) is 11.2. The number of aromatic nitrogens is 3. The van der Waals surface area contributed by atoms with E-state index in [0.717, 1.165) is 31.8 Å². The van der Waals surface area contributed by atoms with Gasteiger partial charge in [-0.1, -0.05) is 20.8 Å². The molecule has 0 aliphatic rings. The first-order valence-corrected chi connectivity index (χ1v) is 6.27. The first-order valence-electron chi connectivity index (χ1n) is 5.87. The zero-order chi connectivity index (χ0) is 12.0. The molecule has 0 atom stereocenters. The van der Waals surface area contributed by atoms with Gasteiger partial charge in [-0.05, 0) is 24.6 Å². The van der Waals surface area contributed by atoms with Crippen molar-refractivity contribution in [2.45, 2.75) is 40.2 Å². The van der Waals surface area contributed by atoms with Crippen molar-refractivity contribution in [2.75, 3.05) is 13.2 Å². The zero-order valence-corrected chi connectivity index (χ0v) is 11.1. The summed E-state index contributed by atoms with van der Waals surface area (Å²) in [5, 5.41) is 7.08. The average Bonchev–Trinajstić information content (AvgIpc) is 2.56. The van der Waals surface area contributed by atoms with E-state index in [1.165, 1.54) is 0 Å². The largest absolute Gasteiger partial charge is 0.381 e. The third-order valence-electron chi connectivity index (χ3n) is 2.20. The molecule has 0 aliphatic carbocycles. The quantitative estimate of drug-likeness (QED) is 0.591. The first-order chi connectivity index (χ1) is 7.65. The van der Waals surface area contributed by atoms with Crippen LogP contribution in [-0.4, -0.2) is 28.0 Å². The summed E-state index contributed by atoms with van der Waals surface area (Å²) in [6.07, 6.45) is 1.87. The maximum absolute atomic E-state index is 5.45. The van der Waals surface area contributed by atoms with Gasteiger partial charge in [0, 0.05) is 19.6 Å². The van der Waals surface area contributed by atoms with Crippen LogP contribution in [0.1, 0.15) is 33.0 Å². The number of hydrogen-bond acceptors (Lipinski definition) is 3. The molecule has 0 saturated heterocycles. The molecular formula is C11H21N3OS. The Balaban J connectivity index is 2.55. The van der Waals surface area contributed by atoms with Crippen LogP contribution < -0.4 is 0 Å². The average molecular weight is 243 g/mol. The molecule has 92 valence electrons. The minimum atomic E-state index is 0.569. The molecule has 0 aliphatic heterocycles. The smallest absolute Gasteiger partial charge is 0.195 e. The van der Waals surface area contributed by atoms with Crippen LogP contribution in [0, 0.1) is 10.7 Å². The van der Waals surface area contributed by atoms with Crippen molar-refractivity contribution in [3.8, 4) is 0 Å².